The lowest BCUT2D eigenvalue weighted by Crippen LogP contribution is -2.47. The summed E-state index contributed by atoms with van der Waals surface area (Å²) < 4.78 is 7.77. The fourth-order valence-electron chi connectivity index (χ4n) is 3.38. The van der Waals surface area contributed by atoms with Crippen molar-refractivity contribution >= 4 is 5.96 Å². The van der Waals surface area contributed by atoms with E-state index >= 15 is 0 Å². The van der Waals surface area contributed by atoms with Crippen LogP contribution in [0.25, 0.3) is 0 Å². The van der Waals surface area contributed by atoms with Crippen molar-refractivity contribution in [2.45, 2.75) is 59.5 Å². The van der Waals surface area contributed by atoms with Crippen molar-refractivity contribution in [1.82, 2.24) is 25.4 Å². The Balaban J connectivity index is 1.50. The van der Waals surface area contributed by atoms with Crippen molar-refractivity contribution < 1.29 is 4.74 Å². The number of aliphatic imine (C=N–C) groups is 1. The molecule has 29 heavy (non-hydrogen) atoms. The number of aromatic nitrogens is 3. The largest absolute Gasteiger partial charge is 0.493 e. The van der Waals surface area contributed by atoms with Crippen LogP contribution in [0.1, 0.15) is 44.4 Å². The molecule has 1 unspecified atom stereocenters. The number of fused-ring (bicyclic) bond motifs is 1. The van der Waals surface area contributed by atoms with E-state index in [0.29, 0.717) is 12.0 Å². The number of aryl methyl sites for hydroxylation is 2. The second kappa shape index (κ2) is 10.3. The maximum atomic E-state index is 5.75. The third-order valence-electron chi connectivity index (χ3n) is 4.83. The van der Waals surface area contributed by atoms with Crippen molar-refractivity contribution in [3.05, 3.63) is 41.5 Å². The third kappa shape index (κ3) is 6.48. The van der Waals surface area contributed by atoms with E-state index in [9.17, 15) is 0 Å². The minimum absolute atomic E-state index is 0.318. The first-order chi connectivity index (χ1) is 14.0. The summed E-state index contributed by atoms with van der Waals surface area (Å²) in [6.45, 7) is 11.5. The van der Waals surface area contributed by atoms with Gasteiger partial charge in [0.25, 0.3) is 0 Å². The van der Waals surface area contributed by atoms with Gasteiger partial charge >= 0.3 is 0 Å². The third-order valence-corrected chi connectivity index (χ3v) is 4.83. The normalized spacial score (nSPS) is 16.6. The highest BCUT2D eigenvalue weighted by molar-refractivity contribution is 5.80. The lowest BCUT2D eigenvalue weighted by Gasteiger charge is -2.25. The van der Waals surface area contributed by atoms with Crippen LogP contribution in [0.5, 0.6) is 5.75 Å². The van der Waals surface area contributed by atoms with Gasteiger partial charge in [-0.15, -0.1) is 0 Å². The number of benzene rings is 1. The SMILES string of the molecule is CCNC(=NCCc1ccc(OCC(C)C)cc1)NC1CCc2nc(C)nn2C1. The number of nitrogens with one attached hydrogen (secondary N) is 2. The summed E-state index contributed by atoms with van der Waals surface area (Å²) >= 11 is 0. The van der Waals surface area contributed by atoms with E-state index < -0.39 is 0 Å². The Morgan fingerprint density at radius 3 is 2.83 bits per heavy atom. The molecule has 3 rings (SSSR count). The molecule has 1 aliphatic heterocycles. The summed E-state index contributed by atoms with van der Waals surface area (Å²) in [6, 6.07) is 8.66. The topological polar surface area (TPSA) is 76.4 Å². The minimum atomic E-state index is 0.318. The van der Waals surface area contributed by atoms with Crippen LogP contribution in [0.2, 0.25) is 0 Å². The number of hydrogen-bond donors (Lipinski definition) is 2. The van der Waals surface area contributed by atoms with E-state index in [-0.39, 0.29) is 0 Å². The molecular formula is C22H34N6O. The lowest BCUT2D eigenvalue weighted by molar-refractivity contribution is 0.271. The molecule has 1 atom stereocenters. The van der Waals surface area contributed by atoms with Crippen molar-refractivity contribution in [2.75, 3.05) is 19.7 Å². The highest BCUT2D eigenvalue weighted by atomic mass is 16.5. The Morgan fingerprint density at radius 1 is 1.31 bits per heavy atom. The molecule has 7 heteroatoms. The molecule has 0 spiro atoms. The fraction of sp³-hybridized carbons (Fsp3) is 0.591. The smallest absolute Gasteiger partial charge is 0.191 e. The van der Waals surface area contributed by atoms with E-state index in [4.69, 9.17) is 9.73 Å². The quantitative estimate of drug-likeness (QED) is 0.528. The molecule has 0 fully saturated rings. The Kier molecular flexibility index (Phi) is 7.49. The van der Waals surface area contributed by atoms with E-state index in [2.05, 4.69) is 53.6 Å². The number of hydrogen-bond acceptors (Lipinski definition) is 4. The Hall–Kier alpha value is -2.57. The molecule has 1 aromatic carbocycles. The fourth-order valence-corrected chi connectivity index (χ4v) is 3.38. The number of nitrogens with zero attached hydrogens (tertiary/aromatic N) is 4. The first kappa shape index (κ1) is 21.1. The number of guanidine groups is 1. The molecule has 0 saturated carbocycles. The maximum absolute atomic E-state index is 5.75. The lowest BCUT2D eigenvalue weighted by atomic mass is 10.1. The van der Waals surface area contributed by atoms with Gasteiger partial charge in [0.1, 0.15) is 17.4 Å². The molecule has 7 nitrogen and oxygen atoms in total. The van der Waals surface area contributed by atoms with E-state index in [1.54, 1.807) is 0 Å². The molecule has 2 N–H and O–H groups in total. The second-order valence-corrected chi connectivity index (χ2v) is 8.00. The van der Waals surface area contributed by atoms with Crippen LogP contribution >= 0.6 is 0 Å². The van der Waals surface area contributed by atoms with Crippen molar-refractivity contribution in [2.24, 2.45) is 10.9 Å². The van der Waals surface area contributed by atoms with Crippen LogP contribution < -0.4 is 15.4 Å². The van der Waals surface area contributed by atoms with Crippen LogP contribution in [-0.2, 0) is 19.4 Å². The summed E-state index contributed by atoms with van der Waals surface area (Å²) in [4.78, 5) is 9.24. The molecule has 0 radical (unpaired) electrons. The van der Waals surface area contributed by atoms with Gasteiger partial charge in [0.2, 0.25) is 0 Å². The average molecular weight is 399 g/mol. The Morgan fingerprint density at radius 2 is 2.10 bits per heavy atom. The summed E-state index contributed by atoms with van der Waals surface area (Å²) in [5.74, 6) is 4.27. The van der Waals surface area contributed by atoms with Crippen LogP contribution in [0, 0.1) is 12.8 Å². The molecule has 2 heterocycles. The second-order valence-electron chi connectivity index (χ2n) is 8.00. The molecule has 0 amide bonds. The molecule has 0 saturated heterocycles. The van der Waals surface area contributed by atoms with Gasteiger partial charge < -0.3 is 15.4 Å². The molecule has 1 aliphatic rings. The van der Waals surface area contributed by atoms with Crippen LogP contribution in [0.3, 0.4) is 0 Å². The molecule has 2 aromatic rings. The molecule has 158 valence electrons. The van der Waals surface area contributed by atoms with Gasteiger partial charge in [-0.2, -0.15) is 5.10 Å². The highest BCUT2D eigenvalue weighted by Gasteiger charge is 2.21. The van der Waals surface area contributed by atoms with E-state index in [1.807, 2.05) is 23.7 Å². The van der Waals surface area contributed by atoms with Crippen LogP contribution in [-0.4, -0.2) is 46.5 Å². The predicted octanol–water partition coefficient (Wildman–Crippen LogP) is 2.73. The van der Waals surface area contributed by atoms with Gasteiger partial charge in [-0.3, -0.25) is 4.99 Å². The molecule has 0 bridgehead atoms. The Bertz CT molecular complexity index is 796. The van der Waals surface area contributed by atoms with Gasteiger partial charge in [-0.1, -0.05) is 26.0 Å². The van der Waals surface area contributed by atoms with Crippen molar-refractivity contribution in [1.29, 1.82) is 0 Å². The van der Waals surface area contributed by atoms with Crippen molar-refractivity contribution in [3.8, 4) is 5.75 Å². The summed E-state index contributed by atoms with van der Waals surface area (Å²) in [7, 11) is 0. The number of rotatable bonds is 8. The first-order valence-corrected chi connectivity index (χ1v) is 10.7. The monoisotopic (exact) mass is 398 g/mol. The van der Waals surface area contributed by atoms with Gasteiger partial charge in [0, 0.05) is 25.6 Å². The van der Waals surface area contributed by atoms with Gasteiger partial charge in [-0.05, 0) is 50.3 Å². The first-order valence-electron chi connectivity index (χ1n) is 10.7. The zero-order valence-corrected chi connectivity index (χ0v) is 18.1. The molecular weight excluding hydrogens is 364 g/mol. The zero-order chi connectivity index (χ0) is 20.6. The minimum Gasteiger partial charge on any atom is -0.493 e. The average Bonchev–Trinajstić information content (AvgIpc) is 3.06. The van der Waals surface area contributed by atoms with Crippen molar-refractivity contribution in [3.63, 3.8) is 0 Å². The molecule has 0 aliphatic carbocycles. The van der Waals surface area contributed by atoms with Gasteiger partial charge in [0.05, 0.1) is 13.2 Å². The molecule has 1 aromatic heterocycles. The number of ether oxygens (including phenoxy) is 1. The maximum Gasteiger partial charge on any atom is 0.191 e. The van der Waals surface area contributed by atoms with E-state index in [0.717, 1.165) is 68.9 Å². The summed E-state index contributed by atoms with van der Waals surface area (Å²) in [6.07, 6.45) is 2.89. The van der Waals surface area contributed by atoms with E-state index in [1.165, 1.54) is 5.56 Å². The van der Waals surface area contributed by atoms with Gasteiger partial charge in [-0.25, -0.2) is 9.67 Å². The summed E-state index contributed by atoms with van der Waals surface area (Å²) in [5.41, 5.74) is 1.27. The van der Waals surface area contributed by atoms with Gasteiger partial charge in [0.15, 0.2) is 5.96 Å². The van der Waals surface area contributed by atoms with Crippen LogP contribution in [0.15, 0.2) is 29.3 Å². The Labute approximate surface area is 174 Å². The standard InChI is InChI=1S/C22H34N6O/c1-5-23-22(26-19-8-11-21-25-17(4)27-28(21)14-19)24-13-12-18-6-9-20(10-7-18)29-15-16(2)3/h6-7,9-10,16,19H,5,8,11-15H2,1-4H3,(H2,23,24,26). The summed E-state index contributed by atoms with van der Waals surface area (Å²) in [5, 5.41) is 11.4. The van der Waals surface area contributed by atoms with Crippen LogP contribution in [0.4, 0.5) is 0 Å². The zero-order valence-electron chi connectivity index (χ0n) is 18.1. The predicted molar refractivity (Wildman–Crippen MR) is 116 cm³/mol. The highest BCUT2D eigenvalue weighted by Crippen LogP contribution is 2.14.